The monoisotopic (exact) mass is 418 g/mol. The summed E-state index contributed by atoms with van der Waals surface area (Å²) in [6.07, 6.45) is 2.84. The van der Waals surface area contributed by atoms with Crippen molar-refractivity contribution in [1.82, 2.24) is 0 Å². The van der Waals surface area contributed by atoms with E-state index in [2.05, 4.69) is 41.8 Å². The first-order chi connectivity index (χ1) is 15.2. The molecule has 2 N–H and O–H groups in total. The van der Waals surface area contributed by atoms with Gasteiger partial charge >= 0.3 is 0 Å². The Balaban J connectivity index is 1.46. The van der Waals surface area contributed by atoms with Crippen molar-refractivity contribution in [1.29, 1.82) is 0 Å². The Morgan fingerprint density at radius 3 is 2.52 bits per heavy atom. The highest BCUT2D eigenvalue weighted by molar-refractivity contribution is 5.94. The van der Waals surface area contributed by atoms with Crippen LogP contribution in [0, 0.1) is 0 Å². The van der Waals surface area contributed by atoms with E-state index in [0.717, 1.165) is 36.4 Å². The molecule has 5 heteroatoms. The maximum atomic E-state index is 12.4. The number of anilines is 2. The van der Waals surface area contributed by atoms with Crippen LogP contribution in [0.1, 0.15) is 25.3 Å². The molecule has 1 amide bonds. The Hall–Kier alpha value is -3.47. The summed E-state index contributed by atoms with van der Waals surface area (Å²) in [4.78, 5) is 12.4. The molecule has 162 valence electrons. The molecular formula is C26H30N2O3. The van der Waals surface area contributed by atoms with Crippen molar-refractivity contribution in [3.05, 3.63) is 84.4 Å². The predicted molar refractivity (Wildman–Crippen MR) is 126 cm³/mol. The van der Waals surface area contributed by atoms with Gasteiger partial charge in [0.2, 0.25) is 5.91 Å². The third-order valence-corrected chi connectivity index (χ3v) is 4.63. The van der Waals surface area contributed by atoms with Gasteiger partial charge in [0.15, 0.2) is 0 Å². The average Bonchev–Trinajstić information content (AvgIpc) is 2.81. The fourth-order valence-corrected chi connectivity index (χ4v) is 3.11. The third-order valence-electron chi connectivity index (χ3n) is 4.63. The Morgan fingerprint density at radius 1 is 0.871 bits per heavy atom. The molecule has 0 aliphatic rings. The molecule has 3 aromatic rings. The molecule has 31 heavy (non-hydrogen) atoms. The van der Waals surface area contributed by atoms with E-state index in [-0.39, 0.29) is 12.5 Å². The zero-order valence-corrected chi connectivity index (χ0v) is 18.0. The van der Waals surface area contributed by atoms with E-state index in [9.17, 15) is 4.79 Å². The first-order valence-electron chi connectivity index (χ1n) is 10.8. The van der Waals surface area contributed by atoms with Gasteiger partial charge in [0.1, 0.15) is 11.5 Å². The number of amides is 1. The SMILES string of the molecule is CCCOc1cccc(NC(=O)CNc2ccccc2OCCCc2ccccc2)c1. The van der Waals surface area contributed by atoms with E-state index in [1.54, 1.807) is 0 Å². The van der Waals surface area contributed by atoms with Gasteiger partial charge in [-0.2, -0.15) is 0 Å². The lowest BCUT2D eigenvalue weighted by Crippen LogP contribution is -2.22. The number of nitrogens with one attached hydrogen (secondary N) is 2. The average molecular weight is 419 g/mol. The van der Waals surface area contributed by atoms with Gasteiger partial charge in [0.05, 0.1) is 25.4 Å². The molecule has 3 rings (SSSR count). The molecule has 0 saturated heterocycles. The second-order valence-electron chi connectivity index (χ2n) is 7.21. The summed E-state index contributed by atoms with van der Waals surface area (Å²) in [5.41, 5.74) is 2.82. The highest BCUT2D eigenvalue weighted by atomic mass is 16.5. The standard InChI is InChI=1S/C26H30N2O3/c1-2-17-30-23-14-8-13-22(19-23)28-26(29)20-27-24-15-6-7-16-25(24)31-18-9-12-21-10-4-3-5-11-21/h3-8,10-11,13-16,19,27H,2,9,12,17-18,20H2,1H3,(H,28,29). The normalized spacial score (nSPS) is 10.4. The van der Waals surface area contributed by atoms with Crippen LogP contribution in [0.15, 0.2) is 78.9 Å². The molecule has 3 aromatic carbocycles. The van der Waals surface area contributed by atoms with E-state index in [1.807, 2.05) is 54.6 Å². The van der Waals surface area contributed by atoms with E-state index in [1.165, 1.54) is 5.56 Å². The number of carbonyl (C=O) groups is 1. The number of carbonyl (C=O) groups excluding carboxylic acids is 1. The molecule has 0 bridgehead atoms. The van der Waals surface area contributed by atoms with Crippen LogP contribution >= 0.6 is 0 Å². The van der Waals surface area contributed by atoms with Crippen LogP contribution in [0.5, 0.6) is 11.5 Å². The summed E-state index contributed by atoms with van der Waals surface area (Å²) in [6.45, 7) is 3.47. The molecule has 0 saturated carbocycles. The Kier molecular flexibility index (Phi) is 8.80. The van der Waals surface area contributed by atoms with Crippen molar-refractivity contribution in [2.45, 2.75) is 26.2 Å². The molecule has 0 aliphatic heterocycles. The number of aryl methyl sites for hydroxylation is 1. The summed E-state index contributed by atoms with van der Waals surface area (Å²) >= 11 is 0. The topological polar surface area (TPSA) is 59.6 Å². The van der Waals surface area contributed by atoms with Crippen molar-refractivity contribution in [2.75, 3.05) is 30.4 Å². The zero-order chi connectivity index (χ0) is 21.7. The third kappa shape index (κ3) is 7.70. The van der Waals surface area contributed by atoms with Crippen molar-refractivity contribution in [3.63, 3.8) is 0 Å². The number of ether oxygens (including phenoxy) is 2. The number of para-hydroxylation sites is 2. The zero-order valence-electron chi connectivity index (χ0n) is 18.0. The van der Waals surface area contributed by atoms with Crippen molar-refractivity contribution < 1.29 is 14.3 Å². The first-order valence-corrected chi connectivity index (χ1v) is 10.8. The lowest BCUT2D eigenvalue weighted by atomic mass is 10.1. The molecule has 0 aromatic heterocycles. The van der Waals surface area contributed by atoms with Crippen LogP contribution in [0.25, 0.3) is 0 Å². The number of benzene rings is 3. The van der Waals surface area contributed by atoms with Crippen LogP contribution in [0.3, 0.4) is 0 Å². The van der Waals surface area contributed by atoms with Crippen molar-refractivity contribution >= 4 is 17.3 Å². The highest BCUT2D eigenvalue weighted by Gasteiger charge is 2.07. The largest absolute Gasteiger partial charge is 0.494 e. The van der Waals surface area contributed by atoms with Gasteiger partial charge in [-0.05, 0) is 49.1 Å². The Morgan fingerprint density at radius 2 is 1.68 bits per heavy atom. The van der Waals surface area contributed by atoms with Gasteiger partial charge in [0, 0.05) is 11.8 Å². The molecule has 0 spiro atoms. The molecule has 0 aliphatic carbocycles. The quantitative estimate of drug-likeness (QED) is 0.379. The highest BCUT2D eigenvalue weighted by Crippen LogP contribution is 2.24. The number of rotatable bonds is 12. The van der Waals surface area contributed by atoms with Crippen molar-refractivity contribution in [3.8, 4) is 11.5 Å². The van der Waals surface area contributed by atoms with Crippen LogP contribution in [0.4, 0.5) is 11.4 Å². The second kappa shape index (κ2) is 12.3. The van der Waals surface area contributed by atoms with E-state index in [4.69, 9.17) is 9.47 Å². The maximum absolute atomic E-state index is 12.4. The molecule has 0 unspecified atom stereocenters. The molecule has 5 nitrogen and oxygen atoms in total. The van der Waals surface area contributed by atoms with E-state index < -0.39 is 0 Å². The van der Waals surface area contributed by atoms with Gasteiger partial charge in [-0.15, -0.1) is 0 Å². The van der Waals surface area contributed by atoms with Gasteiger partial charge in [-0.3, -0.25) is 4.79 Å². The first kappa shape index (κ1) is 22.2. The molecule has 0 atom stereocenters. The number of hydrogen-bond donors (Lipinski definition) is 2. The smallest absolute Gasteiger partial charge is 0.243 e. The molecular weight excluding hydrogens is 388 g/mol. The van der Waals surface area contributed by atoms with E-state index in [0.29, 0.717) is 18.9 Å². The molecule has 0 heterocycles. The number of hydrogen-bond acceptors (Lipinski definition) is 4. The minimum absolute atomic E-state index is 0.133. The fraction of sp³-hybridized carbons (Fsp3) is 0.269. The lowest BCUT2D eigenvalue weighted by Gasteiger charge is -2.13. The van der Waals surface area contributed by atoms with Crippen LogP contribution in [-0.2, 0) is 11.2 Å². The summed E-state index contributed by atoms with van der Waals surface area (Å²) in [6, 6.07) is 25.5. The van der Waals surface area contributed by atoms with Gasteiger partial charge in [-0.25, -0.2) is 0 Å². The van der Waals surface area contributed by atoms with Crippen LogP contribution in [0.2, 0.25) is 0 Å². The molecule has 0 fully saturated rings. The fourth-order valence-electron chi connectivity index (χ4n) is 3.11. The minimum Gasteiger partial charge on any atom is -0.494 e. The van der Waals surface area contributed by atoms with Gasteiger partial charge in [-0.1, -0.05) is 55.5 Å². The Bertz CT molecular complexity index is 944. The summed E-state index contributed by atoms with van der Waals surface area (Å²) in [5, 5.41) is 6.07. The summed E-state index contributed by atoms with van der Waals surface area (Å²) in [7, 11) is 0. The lowest BCUT2D eigenvalue weighted by molar-refractivity contribution is -0.114. The summed E-state index contributed by atoms with van der Waals surface area (Å²) < 4.78 is 11.6. The second-order valence-corrected chi connectivity index (χ2v) is 7.21. The Labute approximate surface area is 184 Å². The van der Waals surface area contributed by atoms with Crippen LogP contribution < -0.4 is 20.1 Å². The summed E-state index contributed by atoms with van der Waals surface area (Å²) in [5.74, 6) is 1.37. The maximum Gasteiger partial charge on any atom is 0.243 e. The predicted octanol–water partition coefficient (Wildman–Crippen LogP) is 5.54. The van der Waals surface area contributed by atoms with Crippen molar-refractivity contribution in [2.24, 2.45) is 0 Å². The van der Waals surface area contributed by atoms with E-state index >= 15 is 0 Å². The molecule has 0 radical (unpaired) electrons. The van der Waals surface area contributed by atoms with Gasteiger partial charge in [0.25, 0.3) is 0 Å². The van der Waals surface area contributed by atoms with Gasteiger partial charge < -0.3 is 20.1 Å². The van der Waals surface area contributed by atoms with Crippen LogP contribution in [-0.4, -0.2) is 25.7 Å². The minimum atomic E-state index is -0.133.